The van der Waals surface area contributed by atoms with Crippen LogP contribution >= 0.6 is 0 Å². The Kier molecular flexibility index (Phi) is 6.74. The van der Waals surface area contributed by atoms with Crippen LogP contribution in [0.3, 0.4) is 0 Å². The van der Waals surface area contributed by atoms with Gasteiger partial charge in [0.1, 0.15) is 11.6 Å². The molecule has 0 amide bonds. The Bertz CT molecular complexity index is 1060. The lowest BCUT2D eigenvalue weighted by Crippen LogP contribution is -2.41. The van der Waals surface area contributed by atoms with E-state index >= 15 is 0 Å². The molecule has 7 heteroatoms. The normalized spacial score (nSPS) is 15.5. The molecule has 2 N–H and O–H groups in total. The van der Waals surface area contributed by atoms with E-state index in [9.17, 15) is 4.79 Å². The Morgan fingerprint density at radius 1 is 1.19 bits per heavy atom. The van der Waals surface area contributed by atoms with Crippen LogP contribution in [0.25, 0.3) is 11.4 Å². The summed E-state index contributed by atoms with van der Waals surface area (Å²) in [6, 6.07) is 14.3. The Labute approximate surface area is 182 Å². The van der Waals surface area contributed by atoms with E-state index in [4.69, 9.17) is 4.74 Å². The first kappa shape index (κ1) is 21.2. The molecule has 0 spiro atoms. The van der Waals surface area contributed by atoms with Gasteiger partial charge in [-0.05, 0) is 31.0 Å². The molecule has 3 aromatic rings. The molecule has 162 valence electrons. The van der Waals surface area contributed by atoms with Gasteiger partial charge < -0.3 is 15.0 Å². The van der Waals surface area contributed by atoms with Crippen LogP contribution in [0.2, 0.25) is 0 Å². The fourth-order valence-electron chi connectivity index (χ4n) is 3.89. The lowest BCUT2D eigenvalue weighted by atomic mass is 10.0. The molecule has 31 heavy (non-hydrogen) atoms. The van der Waals surface area contributed by atoms with Crippen molar-refractivity contribution < 1.29 is 4.74 Å². The second-order valence-corrected chi connectivity index (χ2v) is 7.83. The first-order valence-electron chi connectivity index (χ1n) is 10.8. The summed E-state index contributed by atoms with van der Waals surface area (Å²) in [4.78, 5) is 26.2. The Hall–Kier alpha value is -3.03. The van der Waals surface area contributed by atoms with Crippen molar-refractivity contribution in [1.82, 2.24) is 19.9 Å². The lowest BCUT2D eigenvalue weighted by Gasteiger charge is -2.35. The van der Waals surface area contributed by atoms with Crippen LogP contribution in [0.15, 0.2) is 53.5 Å². The summed E-state index contributed by atoms with van der Waals surface area (Å²) < 4.78 is 5.55. The predicted molar refractivity (Wildman–Crippen MR) is 122 cm³/mol. The van der Waals surface area contributed by atoms with Crippen LogP contribution in [0, 0.1) is 6.92 Å². The summed E-state index contributed by atoms with van der Waals surface area (Å²) in [5.41, 5.74) is 3.97. The number of aryl methyl sites for hydroxylation is 2. The van der Waals surface area contributed by atoms with Gasteiger partial charge in [-0.15, -0.1) is 0 Å². The zero-order valence-electron chi connectivity index (χ0n) is 18.1. The van der Waals surface area contributed by atoms with Crippen molar-refractivity contribution in [2.45, 2.75) is 26.3 Å². The van der Waals surface area contributed by atoms with Crippen molar-refractivity contribution in [2.24, 2.45) is 0 Å². The van der Waals surface area contributed by atoms with E-state index in [2.05, 4.69) is 56.4 Å². The molecular formula is C24H29N5O2. The molecule has 3 heterocycles. The molecular weight excluding hydrogens is 390 g/mol. The number of ether oxygens (including phenoxy) is 1. The minimum absolute atomic E-state index is 0.143. The number of nitrogens with one attached hydrogen (secondary N) is 2. The molecule has 0 bridgehead atoms. The highest BCUT2D eigenvalue weighted by atomic mass is 16.5. The van der Waals surface area contributed by atoms with Gasteiger partial charge in [-0.3, -0.25) is 9.69 Å². The molecule has 7 nitrogen and oxygen atoms in total. The molecule has 4 rings (SSSR count). The fourth-order valence-corrected chi connectivity index (χ4v) is 3.89. The molecule has 1 saturated heterocycles. The van der Waals surface area contributed by atoms with E-state index < -0.39 is 0 Å². The summed E-state index contributed by atoms with van der Waals surface area (Å²) in [6.07, 6.45) is 2.46. The predicted octanol–water partition coefficient (Wildman–Crippen LogP) is 3.19. The van der Waals surface area contributed by atoms with Gasteiger partial charge in [-0.25, -0.2) is 9.97 Å². The number of aromatic nitrogens is 3. The molecule has 1 aliphatic heterocycles. The third-order valence-corrected chi connectivity index (χ3v) is 5.58. The zero-order chi connectivity index (χ0) is 21.6. The van der Waals surface area contributed by atoms with Crippen molar-refractivity contribution in [1.29, 1.82) is 0 Å². The fraction of sp³-hybridized carbons (Fsp3) is 0.375. The van der Waals surface area contributed by atoms with E-state index in [1.165, 1.54) is 17.2 Å². The monoisotopic (exact) mass is 419 g/mol. The standard InChI is InChI=1S/C24H29N5O2/c1-3-20-14-23(30)28-24(27-20)19-7-8-22(25-15-19)26-16-21(29-9-11-31-12-10-29)18-6-4-5-17(2)13-18/h4-8,13-15,21H,3,9-12,16H2,1-2H3,(H,25,26)(H,27,28,30). The molecule has 0 aliphatic carbocycles. The van der Waals surface area contributed by atoms with Gasteiger partial charge in [0.05, 0.1) is 19.3 Å². The smallest absolute Gasteiger partial charge is 0.251 e. The highest BCUT2D eigenvalue weighted by Gasteiger charge is 2.22. The van der Waals surface area contributed by atoms with Gasteiger partial charge in [0, 0.05) is 43.2 Å². The van der Waals surface area contributed by atoms with Crippen molar-refractivity contribution in [3.63, 3.8) is 0 Å². The van der Waals surface area contributed by atoms with E-state index in [1.54, 1.807) is 6.20 Å². The number of aromatic amines is 1. The summed E-state index contributed by atoms with van der Waals surface area (Å²) in [7, 11) is 0. The molecule has 1 aliphatic rings. The molecule has 1 unspecified atom stereocenters. The molecule has 1 atom stereocenters. The summed E-state index contributed by atoms with van der Waals surface area (Å²) in [5.74, 6) is 1.35. The van der Waals surface area contributed by atoms with Gasteiger partial charge in [0.25, 0.3) is 5.56 Å². The van der Waals surface area contributed by atoms with Crippen LogP contribution in [-0.4, -0.2) is 52.7 Å². The number of hydrogen-bond donors (Lipinski definition) is 2. The quantitative estimate of drug-likeness (QED) is 0.612. The highest BCUT2D eigenvalue weighted by molar-refractivity contribution is 5.56. The van der Waals surface area contributed by atoms with Gasteiger partial charge in [-0.2, -0.15) is 0 Å². The lowest BCUT2D eigenvalue weighted by molar-refractivity contribution is 0.0187. The topological polar surface area (TPSA) is 83.1 Å². The van der Waals surface area contributed by atoms with Crippen molar-refractivity contribution >= 4 is 5.82 Å². The number of nitrogens with zero attached hydrogens (tertiary/aromatic N) is 3. The molecule has 1 fully saturated rings. The molecule has 2 aromatic heterocycles. The second-order valence-electron chi connectivity index (χ2n) is 7.83. The summed E-state index contributed by atoms with van der Waals surface area (Å²) in [6.45, 7) is 8.21. The summed E-state index contributed by atoms with van der Waals surface area (Å²) >= 11 is 0. The minimum Gasteiger partial charge on any atom is -0.379 e. The van der Waals surface area contributed by atoms with Gasteiger partial charge in [0.2, 0.25) is 0 Å². The largest absolute Gasteiger partial charge is 0.379 e. The zero-order valence-corrected chi connectivity index (χ0v) is 18.1. The van der Waals surface area contributed by atoms with Crippen LogP contribution in [-0.2, 0) is 11.2 Å². The van der Waals surface area contributed by atoms with E-state index in [0.717, 1.165) is 49.9 Å². The first-order chi connectivity index (χ1) is 15.1. The van der Waals surface area contributed by atoms with Gasteiger partial charge in [-0.1, -0.05) is 36.8 Å². The van der Waals surface area contributed by atoms with Gasteiger partial charge >= 0.3 is 0 Å². The average molecular weight is 420 g/mol. The Balaban J connectivity index is 1.49. The highest BCUT2D eigenvalue weighted by Crippen LogP contribution is 2.24. The SMILES string of the molecule is CCc1cc(=O)[nH]c(-c2ccc(NCC(c3cccc(C)c3)N3CCOCC3)nc2)n1. The minimum atomic E-state index is -0.143. The maximum absolute atomic E-state index is 11.9. The Morgan fingerprint density at radius 2 is 2.03 bits per heavy atom. The summed E-state index contributed by atoms with van der Waals surface area (Å²) in [5, 5.41) is 3.49. The van der Waals surface area contributed by atoms with Crippen LogP contribution in [0.4, 0.5) is 5.82 Å². The third-order valence-electron chi connectivity index (χ3n) is 5.58. The Morgan fingerprint density at radius 3 is 2.74 bits per heavy atom. The van der Waals surface area contributed by atoms with E-state index in [-0.39, 0.29) is 11.6 Å². The first-order valence-corrected chi connectivity index (χ1v) is 10.8. The number of benzene rings is 1. The maximum atomic E-state index is 11.9. The van der Waals surface area contributed by atoms with Crippen molar-refractivity contribution in [2.75, 3.05) is 38.2 Å². The number of hydrogen-bond acceptors (Lipinski definition) is 6. The van der Waals surface area contributed by atoms with E-state index in [0.29, 0.717) is 12.2 Å². The van der Waals surface area contributed by atoms with Gasteiger partial charge in [0.15, 0.2) is 0 Å². The van der Waals surface area contributed by atoms with Crippen LogP contribution < -0.4 is 10.9 Å². The second kappa shape index (κ2) is 9.85. The number of rotatable bonds is 7. The molecule has 1 aromatic carbocycles. The average Bonchev–Trinajstić information content (AvgIpc) is 2.80. The van der Waals surface area contributed by atoms with Crippen molar-refractivity contribution in [3.8, 4) is 11.4 Å². The number of morpholine rings is 1. The molecule has 0 radical (unpaired) electrons. The van der Waals surface area contributed by atoms with E-state index in [1.807, 2.05) is 19.1 Å². The maximum Gasteiger partial charge on any atom is 0.251 e. The van der Waals surface area contributed by atoms with Crippen molar-refractivity contribution in [3.05, 3.63) is 75.8 Å². The van der Waals surface area contributed by atoms with Crippen LogP contribution in [0.1, 0.15) is 29.8 Å². The number of H-pyrrole nitrogens is 1. The number of pyridine rings is 1. The third kappa shape index (κ3) is 5.37. The van der Waals surface area contributed by atoms with Crippen LogP contribution in [0.5, 0.6) is 0 Å². The number of anilines is 1. The molecule has 0 saturated carbocycles.